The van der Waals surface area contributed by atoms with Gasteiger partial charge in [-0.05, 0) is 36.2 Å². The molecule has 0 fully saturated rings. The normalized spacial score (nSPS) is 10.6. The first-order valence-corrected chi connectivity index (χ1v) is 8.96. The van der Waals surface area contributed by atoms with E-state index in [0.717, 1.165) is 24.2 Å². The van der Waals surface area contributed by atoms with Gasteiger partial charge in [0.2, 0.25) is 5.91 Å². The highest BCUT2D eigenvalue weighted by atomic mass is 32.1. The molecule has 0 bridgehead atoms. The molecule has 0 aliphatic carbocycles. The Morgan fingerprint density at radius 2 is 1.81 bits per heavy atom. The van der Waals surface area contributed by atoms with Crippen molar-refractivity contribution >= 4 is 33.8 Å². The summed E-state index contributed by atoms with van der Waals surface area (Å²) in [5.74, 6) is -2.30. The zero-order valence-corrected chi connectivity index (χ0v) is 14.9. The number of aryl methyl sites for hydroxylation is 1. The van der Waals surface area contributed by atoms with E-state index >= 15 is 0 Å². The average Bonchev–Trinajstić information content (AvgIpc) is 3.05. The minimum atomic E-state index is -1.00. The molecular weight excluding hydrogens is 356 g/mol. The number of carbonyl (C=O) groups excluding carboxylic acids is 1. The Morgan fingerprint density at radius 3 is 2.50 bits per heavy atom. The Balaban J connectivity index is 1.58. The van der Waals surface area contributed by atoms with Gasteiger partial charge in [0, 0.05) is 22.8 Å². The van der Waals surface area contributed by atoms with E-state index in [1.807, 2.05) is 24.3 Å². The van der Waals surface area contributed by atoms with E-state index in [-0.39, 0.29) is 18.0 Å². The number of benzene rings is 2. The molecule has 3 aromatic rings. The summed E-state index contributed by atoms with van der Waals surface area (Å²) in [4.78, 5) is 16.4. The van der Waals surface area contributed by atoms with Crippen molar-refractivity contribution in [2.45, 2.75) is 19.8 Å². The smallest absolute Gasteiger partial charge is 0.230 e. The quantitative estimate of drug-likeness (QED) is 0.646. The number of halogens is 2. The molecule has 0 aliphatic rings. The fraction of sp³-hybridized carbons (Fsp3) is 0.158. The first-order valence-electron chi connectivity index (χ1n) is 8.08. The van der Waals surface area contributed by atoms with Crippen molar-refractivity contribution < 1.29 is 13.6 Å². The number of thiazole rings is 1. The van der Waals surface area contributed by atoms with Crippen molar-refractivity contribution in [2.24, 2.45) is 0 Å². The highest BCUT2D eigenvalue weighted by Gasteiger charge is 2.10. The van der Waals surface area contributed by atoms with E-state index in [4.69, 9.17) is 0 Å². The molecule has 0 radical (unpaired) electrons. The molecule has 4 nitrogen and oxygen atoms in total. The molecule has 2 aromatic carbocycles. The topological polar surface area (TPSA) is 54.0 Å². The van der Waals surface area contributed by atoms with Gasteiger partial charge in [-0.2, -0.15) is 0 Å². The number of anilines is 3. The molecule has 1 heterocycles. The summed E-state index contributed by atoms with van der Waals surface area (Å²) in [5.41, 5.74) is 2.99. The average molecular weight is 373 g/mol. The van der Waals surface area contributed by atoms with E-state index in [0.29, 0.717) is 10.8 Å². The van der Waals surface area contributed by atoms with Gasteiger partial charge in [-0.3, -0.25) is 4.79 Å². The third-order valence-electron chi connectivity index (χ3n) is 3.71. The summed E-state index contributed by atoms with van der Waals surface area (Å²) in [6.45, 7) is 2.10. The molecule has 1 amide bonds. The van der Waals surface area contributed by atoms with Crippen LogP contribution in [0, 0.1) is 11.6 Å². The Bertz CT molecular complexity index is 909. The van der Waals surface area contributed by atoms with Gasteiger partial charge in [0.1, 0.15) is 0 Å². The van der Waals surface area contributed by atoms with Crippen LogP contribution < -0.4 is 10.6 Å². The Kier molecular flexibility index (Phi) is 5.58. The highest BCUT2D eigenvalue weighted by molar-refractivity contribution is 7.13. The van der Waals surface area contributed by atoms with Gasteiger partial charge >= 0.3 is 0 Å². The minimum absolute atomic E-state index is 0.0476. The monoisotopic (exact) mass is 373 g/mol. The van der Waals surface area contributed by atoms with Gasteiger partial charge in [0.25, 0.3) is 0 Å². The molecule has 0 saturated heterocycles. The number of amides is 1. The second kappa shape index (κ2) is 8.05. The summed E-state index contributed by atoms with van der Waals surface area (Å²) in [7, 11) is 0. The predicted octanol–water partition coefficient (Wildman–Crippen LogP) is 4.91. The molecule has 0 saturated carbocycles. The maximum atomic E-state index is 13.2. The van der Waals surface area contributed by atoms with E-state index in [2.05, 4.69) is 22.5 Å². The zero-order valence-electron chi connectivity index (χ0n) is 14.1. The van der Waals surface area contributed by atoms with Crippen LogP contribution in [0.25, 0.3) is 0 Å². The van der Waals surface area contributed by atoms with Crippen LogP contribution in [0.15, 0.2) is 47.8 Å². The molecule has 3 rings (SSSR count). The largest absolute Gasteiger partial charge is 0.332 e. The van der Waals surface area contributed by atoms with Gasteiger partial charge < -0.3 is 10.6 Å². The maximum absolute atomic E-state index is 13.2. The van der Waals surface area contributed by atoms with Crippen molar-refractivity contribution in [2.75, 3.05) is 10.6 Å². The van der Waals surface area contributed by atoms with Crippen LogP contribution in [-0.2, 0) is 17.6 Å². The summed E-state index contributed by atoms with van der Waals surface area (Å²) in [6.07, 6.45) is 1.03. The lowest BCUT2D eigenvalue weighted by molar-refractivity contribution is -0.115. The molecule has 0 aliphatic heterocycles. The van der Waals surface area contributed by atoms with Crippen LogP contribution in [0.4, 0.5) is 25.3 Å². The van der Waals surface area contributed by atoms with Crippen molar-refractivity contribution in [3.05, 3.63) is 70.7 Å². The van der Waals surface area contributed by atoms with Gasteiger partial charge in [0.15, 0.2) is 16.8 Å². The van der Waals surface area contributed by atoms with Gasteiger partial charge in [-0.1, -0.05) is 19.1 Å². The maximum Gasteiger partial charge on any atom is 0.230 e. The molecule has 1 aromatic heterocycles. The van der Waals surface area contributed by atoms with Gasteiger partial charge in [0.05, 0.1) is 12.1 Å². The van der Waals surface area contributed by atoms with E-state index in [1.54, 1.807) is 5.38 Å². The number of aromatic nitrogens is 1. The third kappa shape index (κ3) is 4.64. The Hall–Kier alpha value is -2.80. The van der Waals surface area contributed by atoms with Crippen molar-refractivity contribution in [1.29, 1.82) is 0 Å². The molecular formula is C19H17F2N3OS. The molecule has 134 valence electrons. The van der Waals surface area contributed by atoms with Crippen LogP contribution in [0.2, 0.25) is 0 Å². The first kappa shape index (κ1) is 18.0. The number of nitrogens with zero attached hydrogens (tertiary/aromatic N) is 1. The summed E-state index contributed by atoms with van der Waals surface area (Å²) in [5, 5.41) is 8.20. The number of rotatable bonds is 6. The summed E-state index contributed by atoms with van der Waals surface area (Å²) in [6, 6.07) is 11.3. The number of hydrogen-bond acceptors (Lipinski definition) is 4. The lowest BCUT2D eigenvalue weighted by Crippen LogP contribution is -2.14. The highest BCUT2D eigenvalue weighted by Crippen LogP contribution is 2.22. The van der Waals surface area contributed by atoms with E-state index < -0.39 is 11.6 Å². The molecule has 7 heteroatoms. The molecule has 26 heavy (non-hydrogen) atoms. The van der Waals surface area contributed by atoms with Crippen molar-refractivity contribution in [1.82, 2.24) is 4.98 Å². The lowest BCUT2D eigenvalue weighted by atomic mass is 10.1. The molecule has 0 unspecified atom stereocenters. The predicted molar refractivity (Wildman–Crippen MR) is 99.9 cm³/mol. The minimum Gasteiger partial charge on any atom is -0.332 e. The van der Waals surface area contributed by atoms with E-state index in [1.165, 1.54) is 23.0 Å². The molecule has 0 spiro atoms. The van der Waals surface area contributed by atoms with Crippen LogP contribution in [0.3, 0.4) is 0 Å². The Labute approximate surface area is 153 Å². The zero-order chi connectivity index (χ0) is 18.5. The van der Waals surface area contributed by atoms with E-state index in [9.17, 15) is 13.6 Å². The number of carbonyl (C=O) groups is 1. The van der Waals surface area contributed by atoms with Gasteiger partial charge in [-0.25, -0.2) is 13.8 Å². The summed E-state index contributed by atoms with van der Waals surface area (Å²) >= 11 is 1.40. The second-order valence-electron chi connectivity index (χ2n) is 5.67. The molecule has 2 N–H and O–H groups in total. The number of hydrogen-bond donors (Lipinski definition) is 2. The Morgan fingerprint density at radius 1 is 1.08 bits per heavy atom. The fourth-order valence-electron chi connectivity index (χ4n) is 2.34. The fourth-order valence-corrected chi connectivity index (χ4v) is 3.07. The van der Waals surface area contributed by atoms with Crippen LogP contribution in [-0.4, -0.2) is 10.9 Å². The van der Waals surface area contributed by atoms with Crippen molar-refractivity contribution in [3.8, 4) is 0 Å². The standard InChI is InChI=1S/C19H17F2N3OS/c1-2-12-3-5-13(6-4-12)23-19-24-15(11-26-19)10-18(25)22-14-7-8-16(20)17(21)9-14/h3-9,11H,2,10H2,1H3,(H,22,25)(H,23,24). The van der Waals surface area contributed by atoms with Crippen LogP contribution in [0.1, 0.15) is 18.2 Å². The van der Waals surface area contributed by atoms with Crippen molar-refractivity contribution in [3.63, 3.8) is 0 Å². The van der Waals surface area contributed by atoms with Gasteiger partial charge in [-0.15, -0.1) is 11.3 Å². The summed E-state index contributed by atoms with van der Waals surface area (Å²) < 4.78 is 26.1. The second-order valence-corrected chi connectivity index (χ2v) is 6.53. The third-order valence-corrected chi connectivity index (χ3v) is 4.52. The van der Waals surface area contributed by atoms with Crippen LogP contribution >= 0.6 is 11.3 Å². The van der Waals surface area contributed by atoms with Crippen LogP contribution in [0.5, 0.6) is 0 Å². The SMILES string of the molecule is CCc1ccc(Nc2nc(CC(=O)Nc3ccc(F)c(F)c3)cs2)cc1. The first-order chi connectivity index (χ1) is 12.5. The molecule has 0 atom stereocenters. The lowest BCUT2D eigenvalue weighted by Gasteiger charge is -2.05. The number of nitrogens with one attached hydrogen (secondary N) is 2.